The summed E-state index contributed by atoms with van der Waals surface area (Å²) >= 11 is 0. The molecule has 1 aromatic carbocycles. The summed E-state index contributed by atoms with van der Waals surface area (Å²) in [5, 5.41) is 2.89. The average molecular weight is 287 g/mol. The topological polar surface area (TPSA) is 72.4 Å². The molecule has 0 atom stereocenters. The van der Waals surface area contributed by atoms with Crippen LogP contribution in [-0.4, -0.2) is 24.7 Å². The number of nitrogens with one attached hydrogen (secondary N) is 2. The molecule has 21 heavy (non-hydrogen) atoms. The van der Waals surface area contributed by atoms with Crippen LogP contribution >= 0.6 is 0 Å². The predicted octanol–water partition coefficient (Wildman–Crippen LogP) is 0.960. The normalized spacial score (nSPS) is 10.1. The molecule has 0 unspecified atom stereocenters. The van der Waals surface area contributed by atoms with Crippen molar-refractivity contribution >= 4 is 6.29 Å². The van der Waals surface area contributed by atoms with E-state index in [1.807, 2.05) is 30.3 Å². The van der Waals surface area contributed by atoms with Crippen LogP contribution in [0.25, 0.3) is 0 Å². The van der Waals surface area contributed by atoms with Crippen LogP contribution in [0.15, 0.2) is 47.4 Å². The molecule has 2 N–H and O–H groups in total. The second-order valence-corrected chi connectivity index (χ2v) is 4.34. The van der Waals surface area contributed by atoms with Crippen molar-refractivity contribution in [2.45, 2.75) is 6.61 Å². The maximum atomic E-state index is 11.9. The van der Waals surface area contributed by atoms with E-state index in [0.29, 0.717) is 13.0 Å². The number of ether oxygens (including phenoxy) is 1. The van der Waals surface area contributed by atoms with E-state index in [2.05, 4.69) is 10.7 Å². The Morgan fingerprint density at radius 1 is 1.24 bits per heavy atom. The molecule has 0 fully saturated rings. The number of carbonyl (C=O) groups excluding carboxylic acids is 1. The highest BCUT2D eigenvalue weighted by Gasteiger charge is 2.12. The Labute approximate surface area is 122 Å². The van der Waals surface area contributed by atoms with Crippen LogP contribution in [0.2, 0.25) is 0 Å². The number of nitrogens with zero attached hydrogens (tertiary/aromatic N) is 1. The van der Waals surface area contributed by atoms with Crippen LogP contribution in [-0.2, 0) is 6.61 Å². The maximum Gasteiger partial charge on any atom is 0.224 e. The van der Waals surface area contributed by atoms with Gasteiger partial charge < -0.3 is 15.5 Å². The molecule has 0 aliphatic heterocycles. The molecule has 0 radical (unpaired) electrons. The van der Waals surface area contributed by atoms with E-state index >= 15 is 0 Å². The minimum Gasteiger partial charge on any atom is -0.483 e. The Bertz CT molecular complexity index is 653. The van der Waals surface area contributed by atoms with E-state index < -0.39 is 0 Å². The molecule has 0 bridgehead atoms. The molecule has 2 aromatic rings. The fourth-order valence-electron chi connectivity index (χ4n) is 1.82. The summed E-state index contributed by atoms with van der Waals surface area (Å²) in [5.74, 6) is 0.0416. The minimum atomic E-state index is -0.324. The fourth-order valence-corrected chi connectivity index (χ4v) is 1.82. The third-order valence-electron chi connectivity index (χ3n) is 2.85. The molecule has 6 nitrogen and oxygen atoms in total. The molecule has 0 aliphatic rings. The van der Waals surface area contributed by atoms with E-state index in [0.717, 1.165) is 5.56 Å². The molecular weight excluding hydrogens is 270 g/mol. The summed E-state index contributed by atoms with van der Waals surface area (Å²) < 4.78 is 7.00. The van der Waals surface area contributed by atoms with Crippen molar-refractivity contribution in [1.82, 2.24) is 9.99 Å². The second-order valence-electron chi connectivity index (χ2n) is 4.34. The SMILES string of the molecule is CNCNn1ccc(=O)c(OCc2ccccc2)c1C=O. The second kappa shape index (κ2) is 7.25. The Morgan fingerprint density at radius 3 is 2.67 bits per heavy atom. The molecule has 2 rings (SSSR count). The number of benzene rings is 1. The lowest BCUT2D eigenvalue weighted by molar-refractivity contribution is 0.111. The highest BCUT2D eigenvalue weighted by atomic mass is 16.5. The lowest BCUT2D eigenvalue weighted by atomic mass is 10.2. The molecule has 0 amide bonds. The van der Waals surface area contributed by atoms with Crippen LogP contribution in [0.1, 0.15) is 16.1 Å². The number of aromatic nitrogens is 1. The lowest BCUT2D eigenvalue weighted by Gasteiger charge is -2.15. The van der Waals surface area contributed by atoms with Gasteiger partial charge in [0.2, 0.25) is 5.43 Å². The van der Waals surface area contributed by atoms with Gasteiger partial charge in [0.15, 0.2) is 12.0 Å². The first-order chi connectivity index (χ1) is 10.3. The van der Waals surface area contributed by atoms with Gasteiger partial charge in [-0.25, -0.2) is 0 Å². The number of aldehydes is 1. The van der Waals surface area contributed by atoms with E-state index in [4.69, 9.17) is 4.74 Å². The van der Waals surface area contributed by atoms with Crippen LogP contribution < -0.4 is 20.9 Å². The fraction of sp³-hybridized carbons (Fsp3) is 0.200. The zero-order valence-electron chi connectivity index (χ0n) is 11.7. The van der Waals surface area contributed by atoms with Crippen molar-refractivity contribution < 1.29 is 9.53 Å². The van der Waals surface area contributed by atoms with Gasteiger partial charge in [-0.05, 0) is 12.6 Å². The molecule has 110 valence electrons. The molecule has 6 heteroatoms. The van der Waals surface area contributed by atoms with Gasteiger partial charge in [-0.1, -0.05) is 30.3 Å². The Balaban J connectivity index is 2.24. The van der Waals surface area contributed by atoms with Gasteiger partial charge in [-0.15, -0.1) is 0 Å². The maximum absolute atomic E-state index is 11.9. The monoisotopic (exact) mass is 287 g/mol. The van der Waals surface area contributed by atoms with Gasteiger partial charge >= 0.3 is 0 Å². The number of hydrogen-bond donors (Lipinski definition) is 2. The molecule has 1 aromatic heterocycles. The van der Waals surface area contributed by atoms with Crippen molar-refractivity contribution in [1.29, 1.82) is 0 Å². The van der Waals surface area contributed by atoms with E-state index in [1.165, 1.54) is 16.9 Å². The molecule has 0 aliphatic carbocycles. The average Bonchev–Trinajstić information content (AvgIpc) is 2.53. The van der Waals surface area contributed by atoms with Crippen LogP contribution in [0.4, 0.5) is 0 Å². The standard InChI is InChI=1S/C15H17N3O3/c1-16-11-17-18-8-7-14(20)15(13(18)9-19)21-10-12-5-3-2-4-6-12/h2-9,16-17H,10-11H2,1H3. The molecule has 0 saturated heterocycles. The van der Waals surface area contributed by atoms with Gasteiger partial charge in [-0.3, -0.25) is 14.3 Å². The van der Waals surface area contributed by atoms with Crippen LogP contribution in [0.3, 0.4) is 0 Å². The zero-order chi connectivity index (χ0) is 15.1. The summed E-state index contributed by atoms with van der Waals surface area (Å²) in [5.41, 5.74) is 3.70. The number of rotatable bonds is 7. The summed E-state index contributed by atoms with van der Waals surface area (Å²) in [6.45, 7) is 0.675. The first-order valence-corrected chi connectivity index (χ1v) is 6.52. The summed E-state index contributed by atoms with van der Waals surface area (Å²) in [6.07, 6.45) is 2.10. The van der Waals surface area contributed by atoms with Gasteiger partial charge in [-0.2, -0.15) is 0 Å². The molecule has 1 heterocycles. The summed E-state index contributed by atoms with van der Waals surface area (Å²) in [7, 11) is 1.77. The first kappa shape index (κ1) is 14.8. The largest absolute Gasteiger partial charge is 0.483 e. The zero-order valence-corrected chi connectivity index (χ0v) is 11.7. The summed E-state index contributed by atoms with van der Waals surface area (Å²) in [6, 6.07) is 10.8. The Kier molecular flexibility index (Phi) is 5.11. The Hall–Kier alpha value is -2.60. The van der Waals surface area contributed by atoms with E-state index in [1.54, 1.807) is 7.05 Å². The highest BCUT2D eigenvalue weighted by molar-refractivity contribution is 5.76. The van der Waals surface area contributed by atoms with E-state index in [9.17, 15) is 9.59 Å². The van der Waals surface area contributed by atoms with Gasteiger partial charge in [0.1, 0.15) is 12.3 Å². The van der Waals surface area contributed by atoms with Crippen molar-refractivity contribution in [3.63, 3.8) is 0 Å². The predicted molar refractivity (Wildman–Crippen MR) is 80.2 cm³/mol. The highest BCUT2D eigenvalue weighted by Crippen LogP contribution is 2.12. The van der Waals surface area contributed by atoms with Crippen molar-refractivity contribution in [2.24, 2.45) is 0 Å². The van der Waals surface area contributed by atoms with Gasteiger partial charge in [0.25, 0.3) is 0 Å². The van der Waals surface area contributed by atoms with E-state index in [-0.39, 0.29) is 23.5 Å². The van der Waals surface area contributed by atoms with Crippen LogP contribution in [0, 0.1) is 0 Å². The van der Waals surface area contributed by atoms with Crippen molar-refractivity contribution in [2.75, 3.05) is 19.1 Å². The Morgan fingerprint density at radius 2 is 2.00 bits per heavy atom. The molecular formula is C15H17N3O3. The number of hydrogen-bond acceptors (Lipinski definition) is 5. The van der Waals surface area contributed by atoms with Crippen LogP contribution in [0.5, 0.6) is 5.75 Å². The third kappa shape index (κ3) is 3.70. The lowest BCUT2D eigenvalue weighted by Crippen LogP contribution is -2.29. The molecule has 0 spiro atoms. The van der Waals surface area contributed by atoms with Gasteiger partial charge in [0.05, 0.1) is 6.67 Å². The number of carbonyl (C=O) groups is 1. The van der Waals surface area contributed by atoms with Crippen molar-refractivity contribution in [3.05, 3.63) is 64.1 Å². The summed E-state index contributed by atoms with van der Waals surface area (Å²) in [4.78, 5) is 23.2. The van der Waals surface area contributed by atoms with Gasteiger partial charge in [0, 0.05) is 12.3 Å². The number of pyridine rings is 1. The molecule has 0 saturated carbocycles. The third-order valence-corrected chi connectivity index (χ3v) is 2.85. The minimum absolute atomic E-state index is 0.0416. The smallest absolute Gasteiger partial charge is 0.224 e. The first-order valence-electron chi connectivity index (χ1n) is 6.52. The quantitative estimate of drug-likeness (QED) is 0.586. The van der Waals surface area contributed by atoms with Crippen molar-refractivity contribution in [3.8, 4) is 5.75 Å².